The molecule has 19 heavy (non-hydrogen) atoms. The van der Waals surface area contributed by atoms with Gasteiger partial charge in [-0.1, -0.05) is 20.8 Å². The molecule has 0 amide bonds. The summed E-state index contributed by atoms with van der Waals surface area (Å²) >= 11 is 0. The van der Waals surface area contributed by atoms with E-state index in [0.29, 0.717) is 0 Å². The average Bonchev–Trinajstić information content (AvgIpc) is 2.11. The van der Waals surface area contributed by atoms with E-state index >= 15 is 0 Å². The standard InChI is InChI=1S/C12H21N5O2/c1-11(2,3)7-12(4,5)16-9-8(17(18)19)6-14-10(13)15-9/h6H,7H2,1-5H3,(H3,13,14,15,16). The Morgan fingerprint density at radius 3 is 2.42 bits per heavy atom. The molecule has 0 bridgehead atoms. The number of aromatic nitrogens is 2. The fourth-order valence-corrected chi connectivity index (χ4v) is 2.31. The molecular weight excluding hydrogens is 246 g/mol. The lowest BCUT2D eigenvalue weighted by Gasteiger charge is -2.33. The predicted molar refractivity (Wildman–Crippen MR) is 74.9 cm³/mol. The predicted octanol–water partition coefficient (Wildman–Crippen LogP) is 2.59. The number of nitrogen functional groups attached to an aromatic ring is 1. The van der Waals surface area contributed by atoms with Crippen LogP contribution in [0, 0.1) is 15.5 Å². The van der Waals surface area contributed by atoms with Crippen molar-refractivity contribution in [1.82, 2.24) is 9.97 Å². The highest BCUT2D eigenvalue weighted by molar-refractivity contribution is 5.57. The first-order valence-corrected chi connectivity index (χ1v) is 6.05. The van der Waals surface area contributed by atoms with Gasteiger partial charge >= 0.3 is 5.69 Å². The van der Waals surface area contributed by atoms with Gasteiger partial charge in [-0.15, -0.1) is 0 Å². The molecule has 0 atom stereocenters. The minimum absolute atomic E-state index is 0.0136. The molecule has 0 fully saturated rings. The van der Waals surface area contributed by atoms with Crippen LogP contribution >= 0.6 is 0 Å². The highest BCUT2D eigenvalue weighted by Crippen LogP contribution is 2.31. The van der Waals surface area contributed by atoms with Gasteiger partial charge in [-0.2, -0.15) is 4.98 Å². The van der Waals surface area contributed by atoms with Crippen molar-refractivity contribution in [2.24, 2.45) is 5.41 Å². The Morgan fingerprint density at radius 1 is 1.37 bits per heavy atom. The first kappa shape index (κ1) is 15.1. The molecule has 0 aliphatic heterocycles. The summed E-state index contributed by atoms with van der Waals surface area (Å²) in [5.41, 5.74) is 5.06. The lowest BCUT2D eigenvalue weighted by atomic mass is 9.82. The molecule has 7 heteroatoms. The summed E-state index contributed by atoms with van der Waals surface area (Å²) in [6, 6.07) is 0. The molecule has 0 aliphatic rings. The summed E-state index contributed by atoms with van der Waals surface area (Å²) in [7, 11) is 0. The SMILES string of the molecule is CC(C)(C)CC(C)(C)Nc1nc(N)ncc1[N+](=O)[O-]. The second kappa shape index (κ2) is 4.99. The number of rotatable bonds is 4. The molecule has 0 aliphatic carbocycles. The monoisotopic (exact) mass is 267 g/mol. The molecule has 1 heterocycles. The Hall–Kier alpha value is -1.92. The van der Waals surface area contributed by atoms with Crippen LogP contribution in [0.1, 0.15) is 41.0 Å². The van der Waals surface area contributed by atoms with E-state index in [1.54, 1.807) is 0 Å². The van der Waals surface area contributed by atoms with Gasteiger partial charge in [-0.3, -0.25) is 10.1 Å². The fourth-order valence-electron chi connectivity index (χ4n) is 2.31. The molecule has 3 N–H and O–H groups in total. The van der Waals surface area contributed by atoms with Gasteiger partial charge in [0.05, 0.1) is 4.92 Å². The van der Waals surface area contributed by atoms with Gasteiger partial charge in [-0.25, -0.2) is 4.98 Å². The quantitative estimate of drug-likeness (QED) is 0.641. The Bertz CT molecular complexity index is 479. The number of hydrogen-bond donors (Lipinski definition) is 2. The summed E-state index contributed by atoms with van der Waals surface area (Å²) in [5, 5.41) is 14.0. The molecule has 0 saturated heterocycles. The number of nitro groups is 1. The first-order chi connectivity index (χ1) is 8.50. The third-order valence-corrected chi connectivity index (χ3v) is 2.41. The van der Waals surface area contributed by atoms with Gasteiger partial charge in [0, 0.05) is 5.54 Å². The minimum Gasteiger partial charge on any atom is -0.368 e. The van der Waals surface area contributed by atoms with Crippen molar-refractivity contribution in [3.05, 3.63) is 16.3 Å². The van der Waals surface area contributed by atoms with Crippen LogP contribution in [0.25, 0.3) is 0 Å². The number of hydrogen-bond acceptors (Lipinski definition) is 6. The van der Waals surface area contributed by atoms with Crippen LogP contribution in [0.5, 0.6) is 0 Å². The van der Waals surface area contributed by atoms with E-state index in [1.807, 2.05) is 13.8 Å². The molecule has 0 unspecified atom stereocenters. The van der Waals surface area contributed by atoms with Gasteiger partial charge in [-0.05, 0) is 25.7 Å². The van der Waals surface area contributed by atoms with Crippen LogP contribution < -0.4 is 11.1 Å². The normalized spacial score (nSPS) is 12.3. The van der Waals surface area contributed by atoms with Crippen molar-refractivity contribution in [3.8, 4) is 0 Å². The summed E-state index contributed by atoms with van der Waals surface area (Å²) in [5.74, 6) is 0.173. The number of nitrogens with one attached hydrogen (secondary N) is 1. The van der Waals surface area contributed by atoms with Crippen LogP contribution in [0.2, 0.25) is 0 Å². The lowest BCUT2D eigenvalue weighted by molar-refractivity contribution is -0.384. The Balaban J connectivity index is 3.04. The molecule has 106 valence electrons. The molecule has 1 aromatic rings. The minimum atomic E-state index is -0.519. The van der Waals surface area contributed by atoms with E-state index in [2.05, 4.69) is 36.1 Å². The lowest BCUT2D eigenvalue weighted by Crippen LogP contribution is -2.36. The molecule has 0 aromatic carbocycles. The number of nitrogens with zero attached hydrogens (tertiary/aromatic N) is 3. The first-order valence-electron chi connectivity index (χ1n) is 6.05. The van der Waals surface area contributed by atoms with E-state index in [9.17, 15) is 10.1 Å². The molecule has 1 rings (SSSR count). The molecule has 0 spiro atoms. The molecule has 7 nitrogen and oxygen atoms in total. The van der Waals surface area contributed by atoms with E-state index in [4.69, 9.17) is 5.73 Å². The van der Waals surface area contributed by atoms with E-state index in [1.165, 1.54) is 0 Å². The third-order valence-electron chi connectivity index (χ3n) is 2.41. The van der Waals surface area contributed by atoms with E-state index in [0.717, 1.165) is 12.6 Å². The second-order valence-corrected chi connectivity index (χ2v) is 6.47. The Kier molecular flexibility index (Phi) is 3.97. The third kappa shape index (κ3) is 4.69. The zero-order valence-electron chi connectivity index (χ0n) is 12.0. The van der Waals surface area contributed by atoms with E-state index in [-0.39, 0.29) is 28.4 Å². The summed E-state index contributed by atoms with van der Waals surface area (Å²) < 4.78 is 0. The molecule has 1 aromatic heterocycles. The van der Waals surface area contributed by atoms with Crippen LogP contribution in [0.3, 0.4) is 0 Å². The van der Waals surface area contributed by atoms with Gasteiger partial charge in [0.1, 0.15) is 6.20 Å². The smallest absolute Gasteiger partial charge is 0.329 e. The highest BCUT2D eigenvalue weighted by atomic mass is 16.6. The summed E-state index contributed by atoms with van der Waals surface area (Å²) in [6.07, 6.45) is 1.94. The van der Waals surface area contributed by atoms with Gasteiger partial charge in [0.15, 0.2) is 0 Å². The Labute approximate surface area is 112 Å². The van der Waals surface area contributed by atoms with Crippen molar-refractivity contribution >= 4 is 17.5 Å². The zero-order valence-corrected chi connectivity index (χ0v) is 12.0. The maximum atomic E-state index is 10.9. The van der Waals surface area contributed by atoms with Gasteiger partial charge in [0.25, 0.3) is 0 Å². The van der Waals surface area contributed by atoms with Crippen LogP contribution in [-0.2, 0) is 0 Å². The van der Waals surface area contributed by atoms with Crippen LogP contribution in [-0.4, -0.2) is 20.4 Å². The van der Waals surface area contributed by atoms with Gasteiger partial charge in [0.2, 0.25) is 11.8 Å². The summed E-state index contributed by atoms with van der Waals surface area (Å²) in [4.78, 5) is 18.0. The Morgan fingerprint density at radius 2 is 1.95 bits per heavy atom. The number of anilines is 2. The van der Waals surface area contributed by atoms with Crippen molar-refractivity contribution < 1.29 is 4.92 Å². The van der Waals surface area contributed by atoms with Crippen molar-refractivity contribution in [2.75, 3.05) is 11.1 Å². The maximum Gasteiger partial charge on any atom is 0.329 e. The topological polar surface area (TPSA) is 107 Å². The van der Waals surface area contributed by atoms with Crippen molar-refractivity contribution in [2.45, 2.75) is 46.6 Å². The van der Waals surface area contributed by atoms with E-state index < -0.39 is 4.92 Å². The average molecular weight is 267 g/mol. The molecule has 0 radical (unpaired) electrons. The largest absolute Gasteiger partial charge is 0.368 e. The highest BCUT2D eigenvalue weighted by Gasteiger charge is 2.28. The zero-order chi connectivity index (χ0) is 14.8. The maximum absolute atomic E-state index is 10.9. The number of nitrogens with two attached hydrogens (primary N) is 1. The molecular formula is C12H21N5O2. The van der Waals surface area contributed by atoms with Crippen molar-refractivity contribution in [3.63, 3.8) is 0 Å². The second-order valence-electron chi connectivity index (χ2n) is 6.47. The van der Waals surface area contributed by atoms with Gasteiger partial charge < -0.3 is 11.1 Å². The van der Waals surface area contributed by atoms with Crippen molar-refractivity contribution in [1.29, 1.82) is 0 Å². The van der Waals surface area contributed by atoms with Crippen LogP contribution in [0.4, 0.5) is 17.5 Å². The fraction of sp³-hybridized carbons (Fsp3) is 0.667. The molecule has 0 saturated carbocycles. The van der Waals surface area contributed by atoms with Crippen LogP contribution in [0.15, 0.2) is 6.20 Å². The summed E-state index contributed by atoms with van der Waals surface area (Å²) in [6.45, 7) is 10.3.